The van der Waals surface area contributed by atoms with Crippen LogP contribution in [0.25, 0.3) is 10.9 Å². The number of pyridine rings is 1. The largest absolute Gasteiger partial charge is 0.317 e. The maximum absolute atomic E-state index is 6.19. The summed E-state index contributed by atoms with van der Waals surface area (Å²) >= 11 is 6.19. The Kier molecular flexibility index (Phi) is 3.00. The topological polar surface area (TPSA) is 24.9 Å². The van der Waals surface area contributed by atoms with Crippen LogP contribution in [0.1, 0.15) is 24.3 Å². The standard InChI is InChI=1S/C14H15ClN2/c15-13-4-3-11(10-5-8-16-9-6-10)12-2-1-7-17-14(12)13/h1-4,7,10,16H,5-6,8-9H2. The molecule has 0 atom stereocenters. The van der Waals surface area contributed by atoms with Crippen molar-refractivity contribution in [2.24, 2.45) is 0 Å². The summed E-state index contributed by atoms with van der Waals surface area (Å²) in [5.74, 6) is 0.639. The van der Waals surface area contributed by atoms with Crippen LogP contribution in [0.2, 0.25) is 5.02 Å². The van der Waals surface area contributed by atoms with Gasteiger partial charge in [-0.15, -0.1) is 0 Å². The Morgan fingerprint density at radius 2 is 2.00 bits per heavy atom. The van der Waals surface area contributed by atoms with E-state index in [9.17, 15) is 0 Å². The Balaban J connectivity index is 2.12. The average molecular weight is 247 g/mol. The number of piperidine rings is 1. The molecule has 0 spiro atoms. The van der Waals surface area contributed by atoms with Gasteiger partial charge in [0.15, 0.2) is 0 Å². The van der Waals surface area contributed by atoms with Gasteiger partial charge in [0.25, 0.3) is 0 Å². The quantitative estimate of drug-likeness (QED) is 0.835. The fraction of sp³-hybridized carbons (Fsp3) is 0.357. The second-order valence-corrected chi connectivity index (χ2v) is 4.97. The minimum absolute atomic E-state index is 0.639. The lowest BCUT2D eigenvalue weighted by Crippen LogP contribution is -2.26. The van der Waals surface area contributed by atoms with Gasteiger partial charge in [-0.25, -0.2) is 0 Å². The predicted molar refractivity (Wildman–Crippen MR) is 71.6 cm³/mol. The molecule has 0 radical (unpaired) electrons. The number of rotatable bonds is 1. The van der Waals surface area contributed by atoms with Crippen LogP contribution >= 0.6 is 11.6 Å². The zero-order chi connectivity index (χ0) is 11.7. The molecular formula is C14H15ClN2. The number of benzene rings is 1. The van der Waals surface area contributed by atoms with Crippen LogP contribution in [0.5, 0.6) is 0 Å². The summed E-state index contributed by atoms with van der Waals surface area (Å²) in [7, 11) is 0. The zero-order valence-electron chi connectivity index (χ0n) is 9.62. The van der Waals surface area contributed by atoms with Gasteiger partial charge in [-0.2, -0.15) is 0 Å². The summed E-state index contributed by atoms with van der Waals surface area (Å²) in [6, 6.07) is 8.27. The SMILES string of the molecule is Clc1ccc(C2CCNCC2)c2cccnc12. The Hall–Kier alpha value is -1.12. The number of halogens is 1. The average Bonchev–Trinajstić information content (AvgIpc) is 2.41. The second-order valence-electron chi connectivity index (χ2n) is 4.56. The monoisotopic (exact) mass is 246 g/mol. The first-order valence-corrected chi connectivity index (χ1v) is 6.48. The number of nitrogens with zero attached hydrogens (tertiary/aromatic N) is 1. The molecule has 1 fully saturated rings. The number of fused-ring (bicyclic) bond motifs is 1. The van der Waals surface area contributed by atoms with E-state index >= 15 is 0 Å². The van der Waals surface area contributed by atoms with Crippen LogP contribution in [-0.4, -0.2) is 18.1 Å². The van der Waals surface area contributed by atoms with Gasteiger partial charge in [0.1, 0.15) is 0 Å². The van der Waals surface area contributed by atoms with Crippen LogP contribution in [0, 0.1) is 0 Å². The summed E-state index contributed by atoms with van der Waals surface area (Å²) in [6.45, 7) is 2.21. The number of hydrogen-bond donors (Lipinski definition) is 1. The highest BCUT2D eigenvalue weighted by molar-refractivity contribution is 6.35. The molecule has 1 aromatic carbocycles. The van der Waals surface area contributed by atoms with Crippen molar-refractivity contribution in [1.82, 2.24) is 10.3 Å². The molecule has 0 bridgehead atoms. The summed E-state index contributed by atoms with van der Waals surface area (Å²) < 4.78 is 0. The van der Waals surface area contributed by atoms with Crippen molar-refractivity contribution in [2.45, 2.75) is 18.8 Å². The number of hydrogen-bond acceptors (Lipinski definition) is 2. The Morgan fingerprint density at radius 1 is 1.18 bits per heavy atom. The first-order valence-electron chi connectivity index (χ1n) is 6.10. The lowest BCUT2D eigenvalue weighted by Gasteiger charge is -2.24. The molecule has 2 aromatic rings. The first-order chi connectivity index (χ1) is 8.36. The summed E-state index contributed by atoms with van der Waals surface area (Å²) in [5, 5.41) is 5.37. The smallest absolute Gasteiger partial charge is 0.0890 e. The maximum Gasteiger partial charge on any atom is 0.0890 e. The molecule has 3 heteroatoms. The second kappa shape index (κ2) is 4.63. The molecule has 0 aliphatic carbocycles. The van der Waals surface area contributed by atoms with E-state index in [2.05, 4.69) is 22.4 Å². The van der Waals surface area contributed by atoms with Gasteiger partial charge in [-0.3, -0.25) is 4.98 Å². The Morgan fingerprint density at radius 3 is 2.82 bits per heavy atom. The van der Waals surface area contributed by atoms with Gasteiger partial charge in [-0.05, 0) is 49.5 Å². The normalized spacial score (nSPS) is 17.5. The van der Waals surface area contributed by atoms with E-state index in [0.717, 1.165) is 23.6 Å². The Labute approximate surface area is 106 Å². The molecular weight excluding hydrogens is 232 g/mol. The summed E-state index contributed by atoms with van der Waals surface area (Å²) in [5.41, 5.74) is 2.34. The molecule has 1 N–H and O–H groups in total. The van der Waals surface area contributed by atoms with E-state index in [1.54, 1.807) is 6.20 Å². The third-order valence-electron chi connectivity index (χ3n) is 3.53. The predicted octanol–water partition coefficient (Wildman–Crippen LogP) is 3.36. The van der Waals surface area contributed by atoms with Crippen LogP contribution in [-0.2, 0) is 0 Å². The van der Waals surface area contributed by atoms with E-state index in [1.807, 2.05) is 12.1 Å². The highest BCUT2D eigenvalue weighted by Crippen LogP contribution is 2.33. The first kappa shape index (κ1) is 11.0. The van der Waals surface area contributed by atoms with E-state index in [1.165, 1.54) is 23.8 Å². The number of aromatic nitrogens is 1. The van der Waals surface area contributed by atoms with Gasteiger partial charge in [0.05, 0.1) is 10.5 Å². The molecule has 1 aliphatic heterocycles. The van der Waals surface area contributed by atoms with Crippen molar-refractivity contribution in [3.63, 3.8) is 0 Å². The van der Waals surface area contributed by atoms with Gasteiger partial charge < -0.3 is 5.32 Å². The van der Waals surface area contributed by atoms with E-state index < -0.39 is 0 Å². The summed E-state index contributed by atoms with van der Waals surface area (Å²) in [4.78, 5) is 4.39. The third-order valence-corrected chi connectivity index (χ3v) is 3.84. The summed E-state index contributed by atoms with van der Waals surface area (Å²) in [6.07, 6.45) is 4.21. The molecule has 1 saturated heterocycles. The van der Waals surface area contributed by atoms with E-state index in [0.29, 0.717) is 5.92 Å². The lowest BCUT2D eigenvalue weighted by molar-refractivity contribution is 0.462. The fourth-order valence-corrected chi connectivity index (χ4v) is 2.86. The number of nitrogens with one attached hydrogen (secondary N) is 1. The molecule has 0 amide bonds. The Bertz CT molecular complexity index is 533. The minimum atomic E-state index is 0.639. The lowest BCUT2D eigenvalue weighted by atomic mass is 9.88. The van der Waals surface area contributed by atoms with Crippen molar-refractivity contribution in [1.29, 1.82) is 0 Å². The van der Waals surface area contributed by atoms with Crippen molar-refractivity contribution in [3.05, 3.63) is 41.0 Å². The molecule has 3 rings (SSSR count). The third kappa shape index (κ3) is 2.03. The van der Waals surface area contributed by atoms with Crippen LogP contribution in [0.3, 0.4) is 0 Å². The van der Waals surface area contributed by atoms with Crippen LogP contribution in [0.4, 0.5) is 0 Å². The van der Waals surface area contributed by atoms with Crippen LogP contribution < -0.4 is 5.32 Å². The molecule has 2 nitrogen and oxygen atoms in total. The highest BCUT2D eigenvalue weighted by Gasteiger charge is 2.18. The van der Waals surface area contributed by atoms with Gasteiger partial charge in [-0.1, -0.05) is 23.7 Å². The highest BCUT2D eigenvalue weighted by atomic mass is 35.5. The zero-order valence-corrected chi connectivity index (χ0v) is 10.4. The van der Waals surface area contributed by atoms with E-state index in [-0.39, 0.29) is 0 Å². The van der Waals surface area contributed by atoms with Gasteiger partial charge in [0, 0.05) is 11.6 Å². The molecule has 1 aromatic heterocycles. The maximum atomic E-state index is 6.19. The molecule has 0 unspecified atom stereocenters. The van der Waals surface area contributed by atoms with Crippen molar-refractivity contribution >= 4 is 22.5 Å². The fourth-order valence-electron chi connectivity index (χ4n) is 2.65. The van der Waals surface area contributed by atoms with Gasteiger partial charge in [0.2, 0.25) is 0 Å². The van der Waals surface area contributed by atoms with Crippen molar-refractivity contribution in [3.8, 4) is 0 Å². The van der Waals surface area contributed by atoms with E-state index in [4.69, 9.17) is 11.6 Å². The molecule has 0 saturated carbocycles. The molecule has 2 heterocycles. The van der Waals surface area contributed by atoms with Gasteiger partial charge >= 0.3 is 0 Å². The van der Waals surface area contributed by atoms with Crippen molar-refractivity contribution < 1.29 is 0 Å². The van der Waals surface area contributed by atoms with Crippen molar-refractivity contribution in [2.75, 3.05) is 13.1 Å². The molecule has 88 valence electrons. The van der Waals surface area contributed by atoms with Crippen LogP contribution in [0.15, 0.2) is 30.5 Å². The minimum Gasteiger partial charge on any atom is -0.317 e. The molecule has 17 heavy (non-hydrogen) atoms. The molecule has 1 aliphatic rings.